The average Bonchev–Trinajstić information content (AvgIpc) is 3.40. The number of quaternary nitrogens is 1. The number of benzene rings is 1. The van der Waals surface area contributed by atoms with Gasteiger partial charge in [0.15, 0.2) is 0 Å². The second-order valence-electron chi connectivity index (χ2n) is 10.0. The van der Waals surface area contributed by atoms with Crippen LogP contribution in [0.5, 0.6) is 0 Å². The van der Waals surface area contributed by atoms with Crippen LogP contribution in [0.4, 0.5) is 11.4 Å². The van der Waals surface area contributed by atoms with Crippen LogP contribution in [0.1, 0.15) is 45.6 Å². The zero-order chi connectivity index (χ0) is 21.8. The third kappa shape index (κ3) is 7.69. The first-order valence-electron chi connectivity index (χ1n) is 10.6. The van der Waals surface area contributed by atoms with E-state index in [0.717, 1.165) is 42.9 Å². The smallest absolute Gasteiger partial charge is 0.226 e. The topological polar surface area (TPSA) is 57.1 Å². The molecule has 1 saturated carbocycles. The maximum atomic E-state index is 12.9. The molecule has 0 aromatic heterocycles. The Morgan fingerprint density at radius 1 is 1.17 bits per heavy atom. The SMILES string of the molecule is CN(C)c1ccc(NC(=O)CC(C)(C)C)cc1CN(CC[NH+](C)C)C(=O)C1CC1. The fourth-order valence-electron chi connectivity index (χ4n) is 3.33. The lowest BCUT2D eigenvalue weighted by molar-refractivity contribution is -0.857. The van der Waals surface area contributed by atoms with Crippen molar-refractivity contribution in [1.29, 1.82) is 0 Å². The van der Waals surface area contributed by atoms with Gasteiger partial charge in [-0.2, -0.15) is 0 Å². The summed E-state index contributed by atoms with van der Waals surface area (Å²) in [5.41, 5.74) is 2.87. The highest BCUT2D eigenvalue weighted by Crippen LogP contribution is 2.32. The van der Waals surface area contributed by atoms with E-state index in [-0.39, 0.29) is 23.1 Å². The molecule has 0 aliphatic heterocycles. The molecule has 0 heterocycles. The quantitative estimate of drug-likeness (QED) is 0.663. The van der Waals surface area contributed by atoms with Gasteiger partial charge in [-0.05, 0) is 42.0 Å². The van der Waals surface area contributed by atoms with Gasteiger partial charge >= 0.3 is 0 Å². The summed E-state index contributed by atoms with van der Waals surface area (Å²) in [6.45, 7) is 8.39. The number of carbonyl (C=O) groups is 2. The molecule has 0 unspecified atom stereocenters. The maximum absolute atomic E-state index is 12.9. The standard InChI is InChI=1S/C23H38N4O2/c1-23(2,3)15-21(28)24-19-10-11-20(26(6)7)18(14-19)16-27(13-12-25(4)5)22(29)17-8-9-17/h10-11,14,17H,8-9,12-13,15-16H2,1-7H3,(H,24,28)/p+1. The number of rotatable bonds is 9. The van der Waals surface area contributed by atoms with Gasteiger partial charge in [0.1, 0.15) is 0 Å². The first-order chi connectivity index (χ1) is 13.5. The number of hydrogen-bond donors (Lipinski definition) is 2. The maximum Gasteiger partial charge on any atom is 0.226 e. The fraction of sp³-hybridized carbons (Fsp3) is 0.652. The van der Waals surface area contributed by atoms with Gasteiger partial charge in [-0.15, -0.1) is 0 Å². The van der Waals surface area contributed by atoms with Crippen molar-refractivity contribution >= 4 is 23.2 Å². The largest absolute Gasteiger partial charge is 0.377 e. The summed E-state index contributed by atoms with van der Waals surface area (Å²) in [6, 6.07) is 5.99. The second kappa shape index (κ2) is 9.61. The van der Waals surface area contributed by atoms with Gasteiger partial charge in [0.05, 0.1) is 27.2 Å². The Labute approximate surface area is 176 Å². The highest BCUT2D eigenvalue weighted by Gasteiger charge is 2.34. The molecule has 0 saturated heterocycles. The number of nitrogens with one attached hydrogen (secondary N) is 2. The van der Waals surface area contributed by atoms with Crippen LogP contribution in [0.15, 0.2) is 18.2 Å². The molecule has 2 amide bonds. The molecule has 1 aliphatic rings. The highest BCUT2D eigenvalue weighted by atomic mass is 16.2. The summed E-state index contributed by atoms with van der Waals surface area (Å²) in [5, 5.41) is 3.03. The van der Waals surface area contributed by atoms with Crippen molar-refractivity contribution in [3.8, 4) is 0 Å². The molecule has 2 rings (SSSR count). The zero-order valence-corrected chi connectivity index (χ0v) is 19.3. The number of anilines is 2. The van der Waals surface area contributed by atoms with E-state index in [1.807, 2.05) is 37.2 Å². The normalized spacial score (nSPS) is 14.1. The Balaban J connectivity index is 2.22. The Morgan fingerprint density at radius 2 is 1.83 bits per heavy atom. The summed E-state index contributed by atoms with van der Waals surface area (Å²) in [6.07, 6.45) is 2.48. The Kier molecular flexibility index (Phi) is 7.69. The minimum atomic E-state index is -0.0571. The highest BCUT2D eigenvalue weighted by molar-refractivity contribution is 5.91. The van der Waals surface area contributed by atoms with Gasteiger partial charge in [-0.25, -0.2) is 0 Å². The summed E-state index contributed by atoms with van der Waals surface area (Å²) < 4.78 is 0. The molecular formula is C23H39N4O2+. The van der Waals surface area contributed by atoms with Crippen LogP contribution in [-0.2, 0) is 16.1 Å². The van der Waals surface area contributed by atoms with Gasteiger partial charge in [0, 0.05) is 44.4 Å². The van der Waals surface area contributed by atoms with Crippen LogP contribution in [0.2, 0.25) is 0 Å². The molecule has 162 valence electrons. The third-order valence-electron chi connectivity index (χ3n) is 5.02. The van der Waals surface area contributed by atoms with Crippen LogP contribution >= 0.6 is 0 Å². The lowest BCUT2D eigenvalue weighted by atomic mass is 9.92. The van der Waals surface area contributed by atoms with E-state index < -0.39 is 0 Å². The average molecular weight is 404 g/mol. The third-order valence-corrected chi connectivity index (χ3v) is 5.02. The molecule has 6 nitrogen and oxygen atoms in total. The van der Waals surface area contributed by atoms with Crippen molar-refractivity contribution < 1.29 is 14.5 Å². The Hall–Kier alpha value is -2.08. The first kappa shape index (κ1) is 23.2. The second-order valence-corrected chi connectivity index (χ2v) is 10.0. The van der Waals surface area contributed by atoms with Crippen molar-refractivity contribution in [2.45, 2.75) is 46.6 Å². The van der Waals surface area contributed by atoms with Gasteiger partial charge < -0.3 is 20.0 Å². The molecule has 0 spiro atoms. The Morgan fingerprint density at radius 3 is 2.34 bits per heavy atom. The molecule has 1 aromatic carbocycles. The lowest BCUT2D eigenvalue weighted by Crippen LogP contribution is -3.06. The number of amides is 2. The van der Waals surface area contributed by atoms with Gasteiger partial charge in [-0.3, -0.25) is 9.59 Å². The van der Waals surface area contributed by atoms with Crippen LogP contribution < -0.4 is 15.1 Å². The molecule has 1 fully saturated rings. The summed E-state index contributed by atoms with van der Waals surface area (Å²) in [7, 11) is 8.23. The van der Waals surface area contributed by atoms with E-state index in [1.165, 1.54) is 4.90 Å². The monoisotopic (exact) mass is 403 g/mol. The summed E-state index contributed by atoms with van der Waals surface area (Å²) in [4.78, 5) is 30.6. The van der Waals surface area contributed by atoms with E-state index in [1.54, 1.807) is 0 Å². The summed E-state index contributed by atoms with van der Waals surface area (Å²) >= 11 is 0. The van der Waals surface area contributed by atoms with Crippen molar-refractivity contribution in [3.05, 3.63) is 23.8 Å². The molecule has 1 aromatic rings. The molecule has 0 atom stereocenters. The predicted octanol–water partition coefficient (Wildman–Crippen LogP) is 2.01. The van der Waals surface area contributed by atoms with Crippen molar-refractivity contribution in [3.63, 3.8) is 0 Å². The predicted molar refractivity (Wildman–Crippen MR) is 119 cm³/mol. The van der Waals surface area contributed by atoms with Gasteiger partial charge in [0.25, 0.3) is 0 Å². The van der Waals surface area contributed by atoms with E-state index in [4.69, 9.17) is 0 Å². The van der Waals surface area contributed by atoms with Crippen molar-refractivity contribution in [1.82, 2.24) is 4.90 Å². The number of nitrogens with zero attached hydrogens (tertiary/aromatic N) is 2. The van der Waals surface area contributed by atoms with Crippen LogP contribution in [0.25, 0.3) is 0 Å². The van der Waals surface area contributed by atoms with Gasteiger partial charge in [0.2, 0.25) is 11.8 Å². The lowest BCUT2D eigenvalue weighted by Gasteiger charge is -2.27. The van der Waals surface area contributed by atoms with Crippen LogP contribution in [0.3, 0.4) is 0 Å². The Bertz CT molecular complexity index is 718. The zero-order valence-electron chi connectivity index (χ0n) is 19.3. The molecule has 2 N–H and O–H groups in total. The first-order valence-corrected chi connectivity index (χ1v) is 10.6. The fourth-order valence-corrected chi connectivity index (χ4v) is 3.33. The molecule has 0 bridgehead atoms. The van der Waals surface area contributed by atoms with Crippen molar-refractivity contribution in [2.75, 3.05) is 51.5 Å². The van der Waals surface area contributed by atoms with Gasteiger partial charge in [-0.1, -0.05) is 20.8 Å². The van der Waals surface area contributed by atoms with Crippen molar-refractivity contribution in [2.24, 2.45) is 11.3 Å². The molecule has 0 radical (unpaired) electrons. The minimum absolute atomic E-state index is 0.0168. The molecule has 6 heteroatoms. The van der Waals surface area contributed by atoms with E-state index in [2.05, 4.69) is 45.1 Å². The number of carbonyl (C=O) groups excluding carboxylic acids is 2. The van der Waals surface area contributed by atoms with Crippen LogP contribution in [-0.4, -0.2) is 58.0 Å². The molecule has 1 aliphatic carbocycles. The number of hydrogen-bond acceptors (Lipinski definition) is 3. The summed E-state index contributed by atoms with van der Waals surface area (Å²) in [5.74, 6) is 0.478. The molecular weight excluding hydrogens is 364 g/mol. The van der Waals surface area contributed by atoms with E-state index in [0.29, 0.717) is 13.0 Å². The molecule has 29 heavy (non-hydrogen) atoms. The van der Waals surface area contributed by atoms with E-state index in [9.17, 15) is 9.59 Å². The van der Waals surface area contributed by atoms with Crippen LogP contribution in [0, 0.1) is 11.3 Å². The number of likely N-dealkylation sites (N-methyl/N-ethyl adjacent to an activating group) is 1. The van der Waals surface area contributed by atoms with E-state index >= 15 is 0 Å². The minimum Gasteiger partial charge on any atom is -0.377 e.